The van der Waals surface area contributed by atoms with Gasteiger partial charge in [0.05, 0.1) is 32.4 Å². The van der Waals surface area contributed by atoms with Gasteiger partial charge in [-0.3, -0.25) is 0 Å². The number of nitriles is 1. The first-order valence-electron chi connectivity index (χ1n) is 23.1. The summed E-state index contributed by atoms with van der Waals surface area (Å²) in [6.45, 7) is 17.5. The van der Waals surface area contributed by atoms with Crippen molar-refractivity contribution in [2.24, 2.45) is 0 Å². The fourth-order valence-corrected chi connectivity index (χ4v) is 12.0. The molecule has 11 rings (SSSR count). The quantitative estimate of drug-likeness (QED) is 0.107. The molecule has 0 saturated heterocycles. The van der Waals surface area contributed by atoms with Crippen LogP contribution in [0.2, 0.25) is 0 Å². The predicted octanol–water partition coefficient (Wildman–Crippen LogP) is 10.0. The maximum atomic E-state index is 12.0. The zero-order chi connectivity index (χ0) is 47.2. The van der Waals surface area contributed by atoms with Crippen molar-refractivity contribution < 1.29 is 0 Å². The first-order chi connectivity index (χ1) is 33.7. The normalized spacial score (nSPS) is 12.5. The van der Waals surface area contributed by atoms with Crippen molar-refractivity contribution in [1.29, 1.82) is 5.26 Å². The molecule has 0 radical (unpaired) electrons. The minimum atomic E-state index is -0.577. The van der Waals surface area contributed by atoms with E-state index in [1.165, 1.54) is 11.3 Å². The molecule has 11 aromatic rings. The number of rotatable bonds is 9. The van der Waals surface area contributed by atoms with E-state index >= 15 is 0 Å². The smallest absolute Gasteiger partial charge is 0.327 e. The van der Waals surface area contributed by atoms with Crippen LogP contribution in [-0.4, -0.2) is 32.6 Å². The minimum absolute atomic E-state index is 0.398. The third-order valence-corrected chi connectivity index (χ3v) is 15.0. The van der Waals surface area contributed by atoms with Gasteiger partial charge < -0.3 is 8.96 Å². The zero-order valence-electron chi connectivity index (χ0n) is 38.6. The van der Waals surface area contributed by atoms with Crippen molar-refractivity contribution in [2.75, 3.05) is 0 Å². The summed E-state index contributed by atoms with van der Waals surface area (Å²) < 4.78 is 6.87. The van der Waals surface area contributed by atoms with E-state index in [2.05, 4.69) is 205 Å². The summed E-state index contributed by atoms with van der Waals surface area (Å²) in [5.74, 6) is 0. The van der Waals surface area contributed by atoms with Crippen LogP contribution in [0.1, 0.15) is 42.0 Å². The van der Waals surface area contributed by atoms with Crippen molar-refractivity contribution >= 4 is 101 Å². The summed E-state index contributed by atoms with van der Waals surface area (Å²) >= 11 is 3.08. The molecule has 69 heavy (non-hydrogen) atoms. The summed E-state index contributed by atoms with van der Waals surface area (Å²) in [7, 11) is 0. The van der Waals surface area contributed by atoms with E-state index in [-0.39, 0.29) is 0 Å². The molecule has 0 saturated carbocycles. The molecule has 328 valence electrons. The predicted molar refractivity (Wildman–Crippen MR) is 291 cm³/mol. The van der Waals surface area contributed by atoms with Crippen molar-refractivity contribution in [3.8, 4) is 17.3 Å². The van der Waals surface area contributed by atoms with Gasteiger partial charge in [-0.05, 0) is 36.8 Å². The molecule has 0 aliphatic rings. The fourth-order valence-electron chi connectivity index (χ4n) is 10.1. The first kappa shape index (κ1) is 43.6. The molecular formula is C59H44B2N6S2. The van der Waals surface area contributed by atoms with Crippen LogP contribution in [0.5, 0.6) is 0 Å². The lowest BCUT2D eigenvalue weighted by Crippen LogP contribution is -2.55. The zero-order valence-corrected chi connectivity index (χ0v) is 40.3. The summed E-state index contributed by atoms with van der Waals surface area (Å²) in [5.41, 5.74) is 10.2. The summed E-state index contributed by atoms with van der Waals surface area (Å²) in [6.07, 6.45) is 0. The van der Waals surface area contributed by atoms with Crippen LogP contribution in [0.25, 0.3) is 58.6 Å². The minimum Gasteiger partial charge on any atom is -0.384 e. The summed E-state index contributed by atoms with van der Waals surface area (Å²) in [4.78, 5) is 15.1. The number of aromatic nitrogens is 4. The highest BCUT2D eigenvalue weighted by Crippen LogP contribution is 2.39. The van der Waals surface area contributed by atoms with Gasteiger partial charge in [-0.25, -0.2) is 14.8 Å². The van der Waals surface area contributed by atoms with Gasteiger partial charge in [0.15, 0.2) is 0 Å². The maximum Gasteiger partial charge on any atom is 0.327 e. The molecule has 4 heterocycles. The van der Waals surface area contributed by atoms with Gasteiger partial charge in [0, 0.05) is 38.5 Å². The Morgan fingerprint density at radius 2 is 0.986 bits per heavy atom. The third-order valence-electron chi connectivity index (χ3n) is 12.9. The highest BCUT2D eigenvalue weighted by Gasteiger charge is 2.39. The Hall–Kier alpha value is -8.01. The molecule has 0 bridgehead atoms. The molecule has 6 nitrogen and oxygen atoms in total. The topological polar surface area (TPSA) is 63.8 Å². The van der Waals surface area contributed by atoms with Crippen LogP contribution in [0.3, 0.4) is 0 Å². The van der Waals surface area contributed by atoms with Crippen molar-refractivity contribution in [3.05, 3.63) is 238 Å². The Balaban J connectivity index is 1.52. The molecular weight excluding hydrogens is 878 g/mol. The van der Waals surface area contributed by atoms with E-state index in [0.717, 1.165) is 86.3 Å². The number of hydrogen-bond acceptors (Lipinski definition) is 5. The van der Waals surface area contributed by atoms with Crippen LogP contribution in [0.15, 0.2) is 194 Å². The second kappa shape index (κ2) is 17.9. The van der Waals surface area contributed by atoms with Crippen molar-refractivity contribution in [1.82, 2.24) is 18.9 Å². The van der Waals surface area contributed by atoms with Gasteiger partial charge in [-0.15, -0.1) is 22.7 Å². The van der Waals surface area contributed by atoms with Gasteiger partial charge in [0.2, 0.25) is 5.70 Å². The summed E-state index contributed by atoms with van der Waals surface area (Å²) in [6, 6.07) is 70.0. The number of para-hydroxylation sites is 2. The van der Waals surface area contributed by atoms with Gasteiger partial charge in [0.1, 0.15) is 21.7 Å². The number of fused-ring (bicyclic) bond motifs is 3. The molecule has 10 heteroatoms. The van der Waals surface area contributed by atoms with Gasteiger partial charge in [0.25, 0.3) is 0 Å². The number of thiazole rings is 2. The Bertz CT molecular complexity index is 3690. The van der Waals surface area contributed by atoms with E-state index < -0.39 is 19.1 Å². The van der Waals surface area contributed by atoms with Crippen LogP contribution in [-0.2, 0) is 5.41 Å². The highest BCUT2D eigenvalue weighted by molar-refractivity contribution is 7.20. The molecule has 4 aromatic heterocycles. The third kappa shape index (κ3) is 7.59. The molecule has 0 aliphatic carbocycles. The molecule has 7 aromatic carbocycles. The van der Waals surface area contributed by atoms with E-state index in [1.54, 1.807) is 11.3 Å². The SMILES string of the molecule is [C-]#[N+]/C(c1nc2ccccc2s1)=c1\c2c(C(C)(C)C)n(B(c3ccccc3)c3ccccc3)/c(=C(/C#N)c3nc4ccccc4s3)c2c(-c2ccccc2C)n1B(c1ccccc1)c1ccccc1. The first-order valence-corrected chi connectivity index (χ1v) is 24.7. The lowest BCUT2D eigenvalue weighted by molar-refractivity contribution is 0.567. The molecule has 0 amide bonds. The largest absolute Gasteiger partial charge is 0.384 e. The van der Waals surface area contributed by atoms with E-state index in [0.29, 0.717) is 21.3 Å². The lowest BCUT2D eigenvalue weighted by Gasteiger charge is -2.29. The molecule has 0 spiro atoms. The van der Waals surface area contributed by atoms with Gasteiger partial charge in [-0.1, -0.05) is 212 Å². The molecule has 0 atom stereocenters. The average molecular weight is 923 g/mol. The second-order valence-electron chi connectivity index (χ2n) is 18.3. The number of hydrogen-bond donors (Lipinski definition) is 0. The van der Waals surface area contributed by atoms with Crippen LogP contribution >= 0.6 is 22.7 Å². The maximum absolute atomic E-state index is 12.0. The number of benzene rings is 7. The Kier molecular flexibility index (Phi) is 11.3. The number of nitrogens with zero attached hydrogens (tertiary/aromatic N) is 6. The monoisotopic (exact) mass is 922 g/mol. The molecule has 0 unspecified atom stereocenters. The molecule has 0 N–H and O–H groups in total. The molecule has 0 aliphatic heterocycles. The van der Waals surface area contributed by atoms with Crippen LogP contribution < -0.4 is 32.5 Å². The Labute approximate surface area is 410 Å². The van der Waals surface area contributed by atoms with Gasteiger partial charge in [-0.2, -0.15) is 5.26 Å². The van der Waals surface area contributed by atoms with Crippen LogP contribution in [0.4, 0.5) is 0 Å². The average Bonchev–Trinajstić information content (AvgIpc) is 4.16. The van der Waals surface area contributed by atoms with Crippen LogP contribution in [0, 0.1) is 24.8 Å². The van der Waals surface area contributed by atoms with Crippen molar-refractivity contribution in [2.45, 2.75) is 33.1 Å². The second-order valence-corrected chi connectivity index (χ2v) is 20.4. The highest BCUT2D eigenvalue weighted by atomic mass is 32.1. The Morgan fingerprint density at radius 1 is 0.551 bits per heavy atom. The lowest BCUT2D eigenvalue weighted by atomic mass is 9.49. The van der Waals surface area contributed by atoms with Gasteiger partial charge >= 0.3 is 13.7 Å². The Morgan fingerprint density at radius 3 is 1.45 bits per heavy atom. The van der Waals surface area contributed by atoms with E-state index in [4.69, 9.17) is 9.97 Å². The van der Waals surface area contributed by atoms with E-state index in [1.807, 2.05) is 36.4 Å². The molecule has 0 fully saturated rings. The standard InChI is InChI=1S/C59H44B2N6S2/c1-39-24-18-19-33-44(39)53-50-51(55(52(63-5)58-65-47-35-21-23-37-49(47)69-58)66(53)60(40-25-10-6-11-26-40)41-27-12-7-13-28-41)56(59(2,3)4)67(61(42-29-14-8-15-30-42)43-31-16-9-17-32-43)54(50)45(38-62)57-64-46-34-20-22-36-48(46)68-57/h6-37H,1-4H3/b54-45-,55-52+. The number of aryl methyl sites for hydroxylation is 1. The van der Waals surface area contributed by atoms with E-state index in [9.17, 15) is 11.8 Å². The summed E-state index contributed by atoms with van der Waals surface area (Å²) in [5, 5.41) is 16.6. The fraction of sp³-hybridized carbons (Fsp3) is 0.0847. The van der Waals surface area contributed by atoms with Crippen molar-refractivity contribution in [3.63, 3.8) is 0 Å².